The molecular weight excluding hydrogens is 437 g/mol. The van der Waals surface area contributed by atoms with Crippen molar-refractivity contribution in [1.82, 2.24) is 4.90 Å². The lowest BCUT2D eigenvalue weighted by atomic mass is 9.95. The first-order valence-electron chi connectivity index (χ1n) is 10.0. The summed E-state index contributed by atoms with van der Waals surface area (Å²) in [5.41, 5.74) is 1.30. The Balaban J connectivity index is 2.05. The normalized spacial score (nSPS) is 12.4. The molecule has 31 heavy (non-hydrogen) atoms. The first-order chi connectivity index (χ1) is 14.4. The second-order valence-electron chi connectivity index (χ2n) is 8.65. The van der Waals surface area contributed by atoms with E-state index >= 15 is 0 Å². The molecule has 0 saturated heterocycles. The van der Waals surface area contributed by atoms with Crippen molar-refractivity contribution in [3.8, 4) is 0 Å². The van der Waals surface area contributed by atoms with Crippen molar-refractivity contribution < 1.29 is 14.7 Å². The average Bonchev–Trinajstić information content (AvgIpc) is 2.68. The minimum absolute atomic E-state index is 0.0845. The maximum Gasteiger partial charge on any atom is 0.322 e. The second kappa shape index (κ2) is 10.4. The van der Waals surface area contributed by atoms with Gasteiger partial charge in [0.25, 0.3) is 0 Å². The first kappa shape index (κ1) is 25.0. The van der Waals surface area contributed by atoms with E-state index in [0.717, 1.165) is 0 Å². The number of rotatable bonds is 6. The molecule has 0 saturated carbocycles. The number of carbonyl (C=O) groups is 2. The lowest BCUT2D eigenvalue weighted by Crippen LogP contribution is -2.42. The highest BCUT2D eigenvalue weighted by Crippen LogP contribution is 2.26. The van der Waals surface area contributed by atoms with Crippen LogP contribution in [-0.2, 0) is 4.79 Å². The zero-order valence-corrected chi connectivity index (χ0v) is 19.9. The van der Waals surface area contributed by atoms with Gasteiger partial charge in [-0.1, -0.05) is 50.0 Å². The molecule has 2 aromatic carbocycles. The molecule has 6 nitrogen and oxygen atoms in total. The summed E-state index contributed by atoms with van der Waals surface area (Å²) in [6, 6.07) is 11.3. The number of carbonyl (C=O) groups excluding carboxylic acids is 2. The van der Waals surface area contributed by atoms with E-state index in [2.05, 4.69) is 10.6 Å². The fourth-order valence-corrected chi connectivity index (χ4v) is 3.00. The van der Waals surface area contributed by atoms with Crippen molar-refractivity contribution in [2.45, 2.75) is 46.8 Å². The largest absolute Gasteiger partial charge is 0.387 e. The molecule has 0 unspecified atom stereocenters. The predicted molar refractivity (Wildman–Crippen MR) is 127 cm³/mol. The van der Waals surface area contributed by atoms with Gasteiger partial charge in [-0.05, 0) is 55.8 Å². The van der Waals surface area contributed by atoms with Crippen LogP contribution in [0.25, 0.3) is 0 Å². The van der Waals surface area contributed by atoms with Crippen molar-refractivity contribution in [3.63, 3.8) is 0 Å². The highest BCUT2D eigenvalue weighted by molar-refractivity contribution is 6.42. The summed E-state index contributed by atoms with van der Waals surface area (Å²) in [6.45, 7) is 9.33. The van der Waals surface area contributed by atoms with Crippen LogP contribution >= 0.6 is 23.2 Å². The van der Waals surface area contributed by atoms with Gasteiger partial charge in [0.05, 0.1) is 22.7 Å². The summed E-state index contributed by atoms with van der Waals surface area (Å²) >= 11 is 12.0. The van der Waals surface area contributed by atoms with Gasteiger partial charge in [0.1, 0.15) is 0 Å². The first-order valence-corrected chi connectivity index (χ1v) is 10.8. The van der Waals surface area contributed by atoms with E-state index in [0.29, 0.717) is 27.0 Å². The zero-order valence-electron chi connectivity index (χ0n) is 18.4. The summed E-state index contributed by atoms with van der Waals surface area (Å²) in [7, 11) is 0. The highest BCUT2D eigenvalue weighted by atomic mass is 35.5. The van der Waals surface area contributed by atoms with Crippen LogP contribution in [0.1, 0.15) is 46.3 Å². The van der Waals surface area contributed by atoms with Crippen LogP contribution in [0.3, 0.4) is 0 Å². The number of anilines is 2. The van der Waals surface area contributed by atoms with Crippen LogP contribution in [-0.4, -0.2) is 34.5 Å². The number of aliphatic hydroxyl groups is 1. The molecule has 0 aliphatic heterocycles. The summed E-state index contributed by atoms with van der Waals surface area (Å²) in [6.07, 6.45) is -0.919. The van der Waals surface area contributed by atoms with E-state index in [1.807, 2.05) is 34.6 Å². The van der Waals surface area contributed by atoms with Gasteiger partial charge in [-0.15, -0.1) is 0 Å². The molecule has 0 heterocycles. The van der Waals surface area contributed by atoms with Crippen LogP contribution in [0.5, 0.6) is 0 Å². The third-order valence-electron chi connectivity index (χ3n) is 4.66. The molecule has 0 aromatic heterocycles. The zero-order chi connectivity index (χ0) is 23.3. The molecule has 0 aliphatic rings. The molecule has 2 rings (SSSR count). The van der Waals surface area contributed by atoms with E-state index in [4.69, 9.17) is 23.2 Å². The van der Waals surface area contributed by atoms with Crippen molar-refractivity contribution in [2.75, 3.05) is 17.2 Å². The minimum atomic E-state index is -0.919. The second-order valence-corrected chi connectivity index (χ2v) is 9.46. The van der Waals surface area contributed by atoms with Gasteiger partial charge in [0.2, 0.25) is 5.91 Å². The van der Waals surface area contributed by atoms with Crippen molar-refractivity contribution >= 4 is 46.5 Å². The van der Waals surface area contributed by atoms with E-state index in [9.17, 15) is 14.7 Å². The smallest absolute Gasteiger partial charge is 0.322 e. The molecule has 8 heteroatoms. The average molecular weight is 466 g/mol. The van der Waals surface area contributed by atoms with Crippen molar-refractivity contribution in [3.05, 3.63) is 58.1 Å². The molecule has 0 bridgehead atoms. The SMILES string of the molecule is CC(C)N(C[C@@H](O)c1ccc(Cl)c(Cl)c1)C(=O)Nc1ccc(NC(=O)C(C)(C)C)cc1. The van der Waals surface area contributed by atoms with E-state index in [1.165, 1.54) is 4.90 Å². The van der Waals surface area contributed by atoms with Gasteiger partial charge in [-0.2, -0.15) is 0 Å². The number of hydrogen-bond acceptors (Lipinski definition) is 3. The van der Waals surface area contributed by atoms with Crippen LogP contribution in [0, 0.1) is 5.41 Å². The maximum absolute atomic E-state index is 12.8. The van der Waals surface area contributed by atoms with Gasteiger partial charge in [-0.25, -0.2) is 4.79 Å². The van der Waals surface area contributed by atoms with E-state index in [-0.39, 0.29) is 24.5 Å². The molecule has 0 fully saturated rings. The molecule has 3 amide bonds. The number of amides is 3. The Morgan fingerprint density at radius 2 is 1.52 bits per heavy atom. The Morgan fingerprint density at radius 3 is 2.00 bits per heavy atom. The highest BCUT2D eigenvalue weighted by Gasteiger charge is 2.23. The van der Waals surface area contributed by atoms with Crippen LogP contribution in [0.4, 0.5) is 16.2 Å². The van der Waals surface area contributed by atoms with Crippen LogP contribution in [0.15, 0.2) is 42.5 Å². The van der Waals surface area contributed by atoms with Crippen molar-refractivity contribution in [2.24, 2.45) is 5.41 Å². The van der Waals surface area contributed by atoms with Gasteiger partial charge in [-0.3, -0.25) is 4.79 Å². The summed E-state index contributed by atoms with van der Waals surface area (Å²) in [5, 5.41) is 17.0. The maximum atomic E-state index is 12.8. The molecule has 2 aromatic rings. The number of hydrogen-bond donors (Lipinski definition) is 3. The fraction of sp³-hybridized carbons (Fsp3) is 0.391. The number of benzene rings is 2. The Labute approximate surface area is 193 Å². The lowest BCUT2D eigenvalue weighted by molar-refractivity contribution is -0.123. The van der Waals surface area contributed by atoms with Crippen molar-refractivity contribution in [1.29, 1.82) is 0 Å². The summed E-state index contributed by atoms with van der Waals surface area (Å²) in [4.78, 5) is 26.4. The van der Waals surface area contributed by atoms with Crippen LogP contribution < -0.4 is 10.6 Å². The molecule has 3 N–H and O–H groups in total. The lowest BCUT2D eigenvalue weighted by Gasteiger charge is -2.29. The Hall–Kier alpha value is -2.28. The van der Waals surface area contributed by atoms with Crippen LogP contribution in [0.2, 0.25) is 10.0 Å². The van der Waals surface area contributed by atoms with Gasteiger partial charge in [0.15, 0.2) is 0 Å². The predicted octanol–water partition coefficient (Wildman–Crippen LogP) is 5.95. The molecule has 0 radical (unpaired) electrons. The monoisotopic (exact) mass is 465 g/mol. The number of halogens is 2. The summed E-state index contributed by atoms with van der Waals surface area (Å²) < 4.78 is 0. The number of aliphatic hydroxyl groups excluding tert-OH is 1. The Kier molecular flexibility index (Phi) is 8.34. The van der Waals surface area contributed by atoms with Gasteiger partial charge >= 0.3 is 6.03 Å². The number of urea groups is 1. The minimum Gasteiger partial charge on any atom is -0.387 e. The third-order valence-corrected chi connectivity index (χ3v) is 5.40. The quantitative estimate of drug-likeness (QED) is 0.492. The molecule has 0 spiro atoms. The Morgan fingerprint density at radius 1 is 0.968 bits per heavy atom. The molecule has 0 aliphatic carbocycles. The molecule has 1 atom stereocenters. The van der Waals surface area contributed by atoms with E-state index < -0.39 is 11.5 Å². The Bertz CT molecular complexity index is 925. The summed E-state index contributed by atoms with van der Waals surface area (Å²) in [5.74, 6) is -0.0911. The molecular formula is C23H29Cl2N3O3. The van der Waals surface area contributed by atoms with Gasteiger partial charge in [0, 0.05) is 22.8 Å². The number of nitrogens with zero attached hydrogens (tertiary/aromatic N) is 1. The van der Waals surface area contributed by atoms with E-state index in [1.54, 1.807) is 42.5 Å². The molecule has 168 valence electrons. The number of nitrogens with one attached hydrogen (secondary N) is 2. The standard InChI is InChI=1S/C23H29Cl2N3O3/c1-14(2)28(13-20(29)15-6-11-18(24)19(25)12-15)22(31)27-17-9-7-16(8-10-17)26-21(30)23(3,4)5/h6-12,14,20,29H,13H2,1-5H3,(H,26,30)(H,27,31)/t20-/m1/s1. The fourth-order valence-electron chi connectivity index (χ4n) is 2.69. The van der Waals surface area contributed by atoms with Gasteiger partial charge < -0.3 is 20.6 Å². The third kappa shape index (κ3) is 7.13. The topological polar surface area (TPSA) is 81.7 Å².